The number of hydrogen-bond donors (Lipinski definition) is 0. The summed E-state index contributed by atoms with van der Waals surface area (Å²) in [5, 5.41) is 0. The third-order valence-corrected chi connectivity index (χ3v) is 7.78. The van der Waals surface area contributed by atoms with Gasteiger partial charge in [0.2, 0.25) is 5.91 Å². The topological polar surface area (TPSA) is 54.5 Å². The van der Waals surface area contributed by atoms with E-state index in [-0.39, 0.29) is 28.7 Å². The molecule has 0 unspecified atom stereocenters. The normalized spacial score (nSPS) is 25.1. The fraction of sp³-hybridized carbons (Fsp3) is 0.435. The molecule has 2 aromatic rings. The lowest BCUT2D eigenvalue weighted by Gasteiger charge is -2.56. The maximum absolute atomic E-state index is 13.6. The maximum Gasteiger partial charge on any atom is 0.266 e. The van der Waals surface area contributed by atoms with E-state index in [4.69, 9.17) is 0 Å². The van der Waals surface area contributed by atoms with Crippen LogP contribution in [0.15, 0.2) is 59.5 Å². The Labute approximate surface area is 167 Å². The summed E-state index contributed by atoms with van der Waals surface area (Å²) in [6, 6.07) is 16.2. The third kappa shape index (κ3) is 2.87. The second-order valence-electron chi connectivity index (χ2n) is 8.64. The molecule has 1 amide bonds. The molecule has 1 saturated heterocycles. The van der Waals surface area contributed by atoms with Crippen molar-refractivity contribution in [1.82, 2.24) is 4.31 Å². The first-order valence-electron chi connectivity index (χ1n) is 9.99. The summed E-state index contributed by atoms with van der Waals surface area (Å²) in [5.41, 5.74) is 1.20. The van der Waals surface area contributed by atoms with Gasteiger partial charge in [-0.3, -0.25) is 4.79 Å². The summed E-state index contributed by atoms with van der Waals surface area (Å²) >= 11 is 0. The Morgan fingerprint density at radius 1 is 1.04 bits per heavy atom. The van der Waals surface area contributed by atoms with Crippen molar-refractivity contribution in [3.05, 3.63) is 65.7 Å². The molecule has 0 N–H and O–H groups in total. The van der Waals surface area contributed by atoms with Crippen molar-refractivity contribution >= 4 is 15.9 Å². The molecular formula is C23H27NO3S. The number of sulfonamides is 1. The van der Waals surface area contributed by atoms with Gasteiger partial charge in [0.15, 0.2) is 0 Å². The van der Waals surface area contributed by atoms with E-state index in [1.807, 2.05) is 37.3 Å². The van der Waals surface area contributed by atoms with Gasteiger partial charge >= 0.3 is 0 Å². The monoisotopic (exact) mass is 397 g/mol. The van der Waals surface area contributed by atoms with Crippen LogP contribution in [-0.2, 0) is 20.2 Å². The highest BCUT2D eigenvalue weighted by atomic mass is 32.2. The summed E-state index contributed by atoms with van der Waals surface area (Å²) in [7, 11) is -3.85. The Morgan fingerprint density at radius 3 is 2.18 bits per heavy atom. The Hall–Kier alpha value is -2.14. The second-order valence-corrected chi connectivity index (χ2v) is 10.5. The molecule has 1 aliphatic carbocycles. The zero-order chi connectivity index (χ0) is 20.1. The van der Waals surface area contributed by atoms with Crippen LogP contribution in [-0.4, -0.2) is 24.7 Å². The molecule has 1 saturated carbocycles. The van der Waals surface area contributed by atoms with Crippen molar-refractivity contribution < 1.29 is 13.2 Å². The van der Waals surface area contributed by atoms with E-state index in [9.17, 15) is 13.2 Å². The minimum absolute atomic E-state index is 0.198. The van der Waals surface area contributed by atoms with Gasteiger partial charge in [0.1, 0.15) is 0 Å². The van der Waals surface area contributed by atoms with E-state index < -0.39 is 15.4 Å². The van der Waals surface area contributed by atoms with Gasteiger partial charge in [0.05, 0.1) is 16.4 Å². The molecule has 0 radical (unpaired) electrons. The molecule has 2 atom stereocenters. The Morgan fingerprint density at radius 2 is 1.64 bits per heavy atom. The van der Waals surface area contributed by atoms with E-state index in [1.54, 1.807) is 24.3 Å². The number of aryl methyl sites for hydroxylation is 1. The molecule has 2 aromatic carbocycles. The number of rotatable bonds is 6. The lowest BCUT2D eigenvalue weighted by molar-refractivity contribution is -0.153. The summed E-state index contributed by atoms with van der Waals surface area (Å²) < 4.78 is 28.0. The van der Waals surface area contributed by atoms with Crippen LogP contribution in [0.5, 0.6) is 0 Å². The summed E-state index contributed by atoms with van der Waals surface area (Å²) in [6.07, 6.45) is 2.62. The van der Waals surface area contributed by atoms with Crippen LogP contribution in [0.25, 0.3) is 0 Å². The van der Waals surface area contributed by atoms with E-state index in [0.717, 1.165) is 24.0 Å². The number of carbonyl (C=O) groups excluding carboxylic acids is 1. The Balaban J connectivity index is 1.81. The molecular weight excluding hydrogens is 370 g/mol. The zero-order valence-corrected chi connectivity index (χ0v) is 17.4. The molecule has 0 bridgehead atoms. The summed E-state index contributed by atoms with van der Waals surface area (Å²) in [4.78, 5) is 13.8. The largest absolute Gasteiger partial charge is 0.273 e. The molecule has 0 spiro atoms. The minimum Gasteiger partial charge on any atom is -0.273 e. The highest BCUT2D eigenvalue weighted by Gasteiger charge is 2.68. The van der Waals surface area contributed by atoms with Gasteiger partial charge in [-0.05, 0) is 55.7 Å². The van der Waals surface area contributed by atoms with Crippen LogP contribution in [0.3, 0.4) is 0 Å². The predicted molar refractivity (Wildman–Crippen MR) is 109 cm³/mol. The highest BCUT2D eigenvalue weighted by Crippen LogP contribution is 2.56. The molecule has 2 fully saturated rings. The molecule has 1 heterocycles. The Kier molecular flexibility index (Phi) is 4.61. The van der Waals surface area contributed by atoms with Crippen LogP contribution in [0, 0.1) is 18.8 Å². The number of benzene rings is 2. The van der Waals surface area contributed by atoms with E-state index in [0.29, 0.717) is 6.42 Å². The first-order valence-corrected chi connectivity index (χ1v) is 11.4. The molecule has 28 heavy (non-hydrogen) atoms. The van der Waals surface area contributed by atoms with Crippen LogP contribution in [0.4, 0.5) is 0 Å². The van der Waals surface area contributed by atoms with Crippen LogP contribution in [0.1, 0.15) is 44.2 Å². The van der Waals surface area contributed by atoms with Gasteiger partial charge in [0.25, 0.3) is 10.0 Å². The predicted octanol–water partition coefficient (Wildman–Crippen LogP) is 4.29. The van der Waals surface area contributed by atoms with Crippen molar-refractivity contribution in [2.45, 2.75) is 56.4 Å². The average Bonchev–Trinajstić information content (AvgIpc) is 3.49. The zero-order valence-electron chi connectivity index (χ0n) is 16.6. The van der Waals surface area contributed by atoms with Crippen LogP contribution in [0.2, 0.25) is 0 Å². The quantitative estimate of drug-likeness (QED) is 0.684. The summed E-state index contributed by atoms with van der Waals surface area (Å²) in [5.74, 6) is 0.261. The fourth-order valence-electron chi connectivity index (χ4n) is 4.67. The van der Waals surface area contributed by atoms with Gasteiger partial charge < -0.3 is 0 Å². The van der Waals surface area contributed by atoms with Crippen LogP contribution < -0.4 is 0 Å². The summed E-state index contributed by atoms with van der Waals surface area (Å²) in [6.45, 7) is 6.11. The fourth-order valence-corrected chi connectivity index (χ4v) is 6.41. The maximum atomic E-state index is 13.6. The van der Waals surface area contributed by atoms with Crippen molar-refractivity contribution in [2.75, 3.05) is 0 Å². The van der Waals surface area contributed by atoms with Crippen molar-refractivity contribution in [3.8, 4) is 0 Å². The van der Waals surface area contributed by atoms with Gasteiger partial charge in [-0.1, -0.05) is 61.9 Å². The third-order valence-electron chi connectivity index (χ3n) is 6.00. The number of hydrogen-bond acceptors (Lipinski definition) is 3. The number of amides is 1. The Bertz CT molecular complexity index is 978. The van der Waals surface area contributed by atoms with Crippen molar-refractivity contribution in [2.24, 2.45) is 11.8 Å². The van der Waals surface area contributed by atoms with Crippen molar-refractivity contribution in [3.63, 3.8) is 0 Å². The SMILES string of the molecule is Cc1ccc(S(=O)(=O)N2C(=O)[C@](CC(C)C)(c3ccccc3)[C@@H]2C2CC2)cc1. The molecule has 4 nitrogen and oxygen atoms in total. The molecule has 5 heteroatoms. The molecule has 1 aliphatic heterocycles. The average molecular weight is 398 g/mol. The molecule has 148 valence electrons. The van der Waals surface area contributed by atoms with Gasteiger partial charge in [-0.25, -0.2) is 12.7 Å². The molecule has 2 aliphatic rings. The lowest BCUT2D eigenvalue weighted by atomic mass is 9.62. The van der Waals surface area contributed by atoms with Gasteiger partial charge in [-0.2, -0.15) is 0 Å². The standard InChI is InChI=1S/C23H27NO3S/c1-16(2)15-23(19-7-5-4-6-8-19)21(18-11-12-18)24(22(23)25)28(26,27)20-13-9-17(3)10-14-20/h4-10,13-14,16,18,21H,11-12,15H2,1-3H3/t21-,23+/m0/s1. The molecule has 4 rings (SSSR count). The van der Waals surface area contributed by atoms with Gasteiger partial charge in [-0.15, -0.1) is 0 Å². The number of β-lactam (4-membered cyclic amide) rings is 1. The number of carbonyl (C=O) groups is 1. The van der Waals surface area contributed by atoms with Crippen molar-refractivity contribution in [1.29, 1.82) is 0 Å². The smallest absolute Gasteiger partial charge is 0.266 e. The highest BCUT2D eigenvalue weighted by molar-refractivity contribution is 7.89. The first-order chi connectivity index (χ1) is 13.3. The first kappa shape index (κ1) is 19.2. The van der Waals surface area contributed by atoms with Crippen LogP contribution >= 0.6 is 0 Å². The minimum atomic E-state index is -3.85. The second kappa shape index (κ2) is 6.73. The van der Waals surface area contributed by atoms with E-state index in [1.165, 1.54) is 4.31 Å². The molecule has 0 aromatic heterocycles. The lowest BCUT2D eigenvalue weighted by Crippen LogP contribution is -2.73. The van der Waals surface area contributed by atoms with E-state index in [2.05, 4.69) is 13.8 Å². The number of nitrogens with zero attached hydrogens (tertiary/aromatic N) is 1. The van der Waals surface area contributed by atoms with Gasteiger partial charge in [0, 0.05) is 0 Å². The van der Waals surface area contributed by atoms with E-state index >= 15 is 0 Å².